The Balaban J connectivity index is 1.73. The molecule has 2 aromatic carbocycles. The molecule has 1 unspecified atom stereocenters. The van der Waals surface area contributed by atoms with Gasteiger partial charge in [-0.2, -0.15) is 4.98 Å². The number of fused-ring (bicyclic) bond motifs is 1. The third-order valence-corrected chi connectivity index (χ3v) is 6.34. The molecule has 1 N–H and O–H groups in total. The first-order valence-electron chi connectivity index (χ1n) is 11.0. The molecule has 1 aliphatic heterocycles. The first-order chi connectivity index (χ1) is 16.1. The van der Waals surface area contributed by atoms with Crippen LogP contribution in [0.5, 0.6) is 5.75 Å². The number of methoxy groups -OCH3 is 1. The summed E-state index contributed by atoms with van der Waals surface area (Å²) in [5.74, 6) is 1.81. The lowest BCUT2D eigenvalue weighted by molar-refractivity contribution is -0.136. The molecule has 7 nitrogen and oxygen atoms in total. The molecular formula is C25H28N4O3S. The van der Waals surface area contributed by atoms with E-state index in [2.05, 4.69) is 17.2 Å². The van der Waals surface area contributed by atoms with Gasteiger partial charge in [-0.25, -0.2) is 9.48 Å². The fourth-order valence-corrected chi connectivity index (χ4v) is 4.65. The second-order valence-electron chi connectivity index (χ2n) is 7.73. The van der Waals surface area contributed by atoms with Crippen LogP contribution in [0.15, 0.2) is 71.0 Å². The molecule has 0 saturated heterocycles. The Labute approximate surface area is 198 Å². The number of allylic oxidation sites excluding steroid dienone is 1. The molecular weight excluding hydrogens is 436 g/mol. The van der Waals surface area contributed by atoms with E-state index in [1.165, 1.54) is 7.11 Å². The number of nitrogens with zero attached hydrogens (tertiary/aromatic N) is 3. The normalized spacial score (nSPS) is 15.1. The van der Waals surface area contributed by atoms with Crippen molar-refractivity contribution in [2.45, 2.75) is 44.5 Å². The Kier molecular flexibility index (Phi) is 7.34. The third kappa shape index (κ3) is 5.06. The van der Waals surface area contributed by atoms with Gasteiger partial charge in [0, 0.05) is 17.0 Å². The maximum absolute atomic E-state index is 12.9. The summed E-state index contributed by atoms with van der Waals surface area (Å²) in [4.78, 5) is 17.5. The topological polar surface area (TPSA) is 78.3 Å². The molecule has 0 bridgehead atoms. The van der Waals surface area contributed by atoms with Crippen molar-refractivity contribution in [2.75, 3.05) is 18.2 Å². The SMILES string of the molecule is CCCCSc1nc2n(n1)C(c1ccccc1OCc1ccccc1)C(C(=O)OC)=C(C)N2. The highest BCUT2D eigenvalue weighted by atomic mass is 32.2. The maximum atomic E-state index is 12.9. The third-order valence-electron chi connectivity index (χ3n) is 5.42. The van der Waals surface area contributed by atoms with Crippen molar-refractivity contribution in [2.24, 2.45) is 0 Å². The van der Waals surface area contributed by atoms with Gasteiger partial charge in [0.2, 0.25) is 11.1 Å². The number of hydrogen-bond acceptors (Lipinski definition) is 7. The monoisotopic (exact) mass is 464 g/mol. The molecule has 3 aromatic rings. The summed E-state index contributed by atoms with van der Waals surface area (Å²) in [5.41, 5.74) is 3.06. The summed E-state index contributed by atoms with van der Waals surface area (Å²) in [6.07, 6.45) is 2.20. The number of unbranched alkanes of at least 4 members (excludes halogenated alkanes) is 1. The number of para-hydroxylation sites is 1. The minimum atomic E-state index is -0.520. The molecule has 0 saturated carbocycles. The van der Waals surface area contributed by atoms with Crippen LogP contribution in [0, 0.1) is 0 Å². The number of benzene rings is 2. The van der Waals surface area contributed by atoms with E-state index in [9.17, 15) is 4.79 Å². The van der Waals surface area contributed by atoms with Gasteiger partial charge in [0.15, 0.2) is 0 Å². The van der Waals surface area contributed by atoms with Crippen LogP contribution in [-0.4, -0.2) is 33.6 Å². The van der Waals surface area contributed by atoms with Crippen molar-refractivity contribution >= 4 is 23.7 Å². The molecule has 1 aromatic heterocycles. The second kappa shape index (κ2) is 10.6. The number of aromatic nitrogens is 3. The highest BCUT2D eigenvalue weighted by Crippen LogP contribution is 2.40. The van der Waals surface area contributed by atoms with Crippen LogP contribution in [0.4, 0.5) is 5.95 Å². The number of carbonyl (C=O) groups excluding carboxylic acids is 1. The van der Waals surface area contributed by atoms with Crippen LogP contribution in [0.25, 0.3) is 0 Å². The Bertz CT molecular complexity index is 1140. The number of ether oxygens (including phenoxy) is 2. The van der Waals surface area contributed by atoms with E-state index in [1.54, 1.807) is 16.4 Å². The molecule has 1 aliphatic rings. The summed E-state index contributed by atoms with van der Waals surface area (Å²) < 4.78 is 13.1. The first kappa shape index (κ1) is 22.9. The van der Waals surface area contributed by atoms with Gasteiger partial charge in [0.05, 0.1) is 12.7 Å². The molecule has 8 heteroatoms. The molecule has 4 rings (SSSR count). The zero-order chi connectivity index (χ0) is 23.2. The number of rotatable bonds is 9. The summed E-state index contributed by atoms with van der Waals surface area (Å²) in [5, 5.41) is 8.66. The van der Waals surface area contributed by atoms with Gasteiger partial charge in [-0.05, 0) is 25.0 Å². The summed E-state index contributed by atoms with van der Waals surface area (Å²) in [6, 6.07) is 17.2. The first-order valence-corrected chi connectivity index (χ1v) is 12.0. The molecule has 0 amide bonds. The van der Waals surface area contributed by atoms with E-state index in [0.717, 1.165) is 29.7 Å². The number of hydrogen-bond donors (Lipinski definition) is 1. The van der Waals surface area contributed by atoms with Crippen LogP contribution in [0.3, 0.4) is 0 Å². The zero-order valence-corrected chi connectivity index (χ0v) is 19.9. The van der Waals surface area contributed by atoms with Gasteiger partial charge >= 0.3 is 5.97 Å². The highest BCUT2D eigenvalue weighted by Gasteiger charge is 2.36. The van der Waals surface area contributed by atoms with Crippen molar-refractivity contribution in [3.63, 3.8) is 0 Å². The van der Waals surface area contributed by atoms with Gasteiger partial charge in [-0.1, -0.05) is 73.6 Å². The molecule has 0 radical (unpaired) electrons. The molecule has 1 atom stereocenters. The van der Waals surface area contributed by atoms with Crippen molar-refractivity contribution in [1.29, 1.82) is 0 Å². The predicted molar refractivity (Wildman–Crippen MR) is 129 cm³/mol. The van der Waals surface area contributed by atoms with Crippen LogP contribution in [0.2, 0.25) is 0 Å². The van der Waals surface area contributed by atoms with Crippen LogP contribution in [-0.2, 0) is 16.1 Å². The van der Waals surface area contributed by atoms with Crippen molar-refractivity contribution in [1.82, 2.24) is 14.8 Å². The van der Waals surface area contributed by atoms with Crippen molar-refractivity contribution in [3.05, 3.63) is 77.0 Å². The summed E-state index contributed by atoms with van der Waals surface area (Å²) in [6.45, 7) is 4.43. The molecule has 172 valence electrons. The predicted octanol–water partition coefficient (Wildman–Crippen LogP) is 5.21. The lowest BCUT2D eigenvalue weighted by atomic mass is 9.95. The van der Waals surface area contributed by atoms with Gasteiger partial charge in [-0.15, -0.1) is 5.10 Å². The highest BCUT2D eigenvalue weighted by molar-refractivity contribution is 7.99. The fraction of sp³-hybridized carbons (Fsp3) is 0.320. The van der Waals surface area contributed by atoms with Gasteiger partial charge in [0.25, 0.3) is 0 Å². The lowest BCUT2D eigenvalue weighted by Crippen LogP contribution is -2.29. The Hall–Kier alpha value is -3.26. The summed E-state index contributed by atoms with van der Waals surface area (Å²) in [7, 11) is 1.39. The Morgan fingerprint density at radius 2 is 1.91 bits per heavy atom. The van der Waals surface area contributed by atoms with Gasteiger partial charge in [-0.3, -0.25) is 0 Å². The quantitative estimate of drug-likeness (QED) is 0.264. The van der Waals surface area contributed by atoms with Crippen LogP contribution < -0.4 is 10.1 Å². The molecule has 0 spiro atoms. The van der Waals surface area contributed by atoms with E-state index < -0.39 is 12.0 Å². The van der Waals surface area contributed by atoms with Gasteiger partial charge < -0.3 is 14.8 Å². The molecule has 0 aliphatic carbocycles. The second-order valence-corrected chi connectivity index (χ2v) is 8.80. The molecule has 33 heavy (non-hydrogen) atoms. The van der Waals surface area contributed by atoms with E-state index in [-0.39, 0.29) is 0 Å². The number of anilines is 1. The Morgan fingerprint density at radius 1 is 1.15 bits per heavy atom. The number of nitrogens with one attached hydrogen (secondary N) is 1. The van der Waals surface area contributed by atoms with E-state index >= 15 is 0 Å². The number of carbonyl (C=O) groups is 1. The molecule has 2 heterocycles. The van der Waals surface area contributed by atoms with E-state index in [4.69, 9.17) is 14.6 Å². The summed E-state index contributed by atoms with van der Waals surface area (Å²) >= 11 is 1.62. The average molecular weight is 465 g/mol. The standard InChI is InChI=1S/C25H28N4O3S/c1-4-5-15-33-25-27-24-26-17(2)21(23(30)31-3)22(29(24)28-25)19-13-9-10-14-20(19)32-16-18-11-7-6-8-12-18/h6-14,22H,4-5,15-16H2,1-3H3,(H,26,27,28). The smallest absolute Gasteiger partial charge is 0.338 e. The minimum Gasteiger partial charge on any atom is -0.489 e. The largest absolute Gasteiger partial charge is 0.489 e. The number of esters is 1. The van der Waals surface area contributed by atoms with Crippen LogP contribution in [0.1, 0.15) is 43.9 Å². The maximum Gasteiger partial charge on any atom is 0.338 e. The van der Waals surface area contributed by atoms with E-state index in [1.807, 2.05) is 61.5 Å². The van der Waals surface area contributed by atoms with Gasteiger partial charge in [0.1, 0.15) is 18.4 Å². The minimum absolute atomic E-state index is 0.413. The van der Waals surface area contributed by atoms with Crippen molar-refractivity contribution < 1.29 is 14.3 Å². The average Bonchev–Trinajstić information content (AvgIpc) is 3.24. The van der Waals surface area contributed by atoms with Crippen LogP contribution >= 0.6 is 11.8 Å². The lowest BCUT2D eigenvalue weighted by Gasteiger charge is -2.29. The molecule has 0 fully saturated rings. The van der Waals surface area contributed by atoms with E-state index in [0.29, 0.717) is 34.7 Å². The number of thioether (sulfide) groups is 1. The Morgan fingerprint density at radius 3 is 2.67 bits per heavy atom. The van der Waals surface area contributed by atoms with Crippen molar-refractivity contribution in [3.8, 4) is 5.75 Å². The fourth-order valence-electron chi connectivity index (χ4n) is 3.74. The zero-order valence-electron chi connectivity index (χ0n) is 19.1.